The molecule has 0 atom stereocenters. The van der Waals surface area contributed by atoms with Crippen molar-refractivity contribution >= 4 is 29.4 Å². The van der Waals surface area contributed by atoms with Crippen LogP contribution in [-0.2, 0) is 14.3 Å². The Hall–Kier alpha value is -3.61. The van der Waals surface area contributed by atoms with E-state index < -0.39 is 18.5 Å². The summed E-state index contributed by atoms with van der Waals surface area (Å²) in [5, 5.41) is 12.1. The van der Waals surface area contributed by atoms with Gasteiger partial charge in [-0.2, -0.15) is 0 Å². The van der Waals surface area contributed by atoms with E-state index in [0.717, 1.165) is 6.08 Å². The van der Waals surface area contributed by atoms with Gasteiger partial charge in [0, 0.05) is 11.6 Å². The number of benzene rings is 2. The monoisotopic (exact) mass is 369 g/mol. The summed E-state index contributed by atoms with van der Waals surface area (Å²) in [6.07, 6.45) is 2.62. The second-order valence-corrected chi connectivity index (χ2v) is 5.52. The molecule has 140 valence electrons. The molecule has 2 rings (SSSR count). The first kappa shape index (κ1) is 19.7. The number of nitrogens with one attached hydrogen (secondary N) is 1. The lowest BCUT2D eigenvalue weighted by atomic mass is 10.1. The van der Waals surface area contributed by atoms with Gasteiger partial charge in [-0.15, -0.1) is 0 Å². The minimum atomic E-state index is -0.711. The molecule has 1 amide bonds. The summed E-state index contributed by atoms with van der Waals surface area (Å²) in [4.78, 5) is 35.2. The van der Waals surface area contributed by atoms with E-state index in [1.165, 1.54) is 26.2 Å². The number of methoxy groups -OCH3 is 1. The van der Waals surface area contributed by atoms with Gasteiger partial charge in [-0.05, 0) is 42.8 Å². The number of carbonyl (C=O) groups is 3. The number of anilines is 1. The van der Waals surface area contributed by atoms with Crippen LogP contribution in [0.25, 0.3) is 6.08 Å². The maximum Gasteiger partial charge on any atom is 0.331 e. The van der Waals surface area contributed by atoms with Crippen LogP contribution in [0.4, 0.5) is 5.69 Å². The summed E-state index contributed by atoms with van der Waals surface area (Å²) in [5.74, 6) is -1.20. The summed E-state index contributed by atoms with van der Waals surface area (Å²) in [7, 11) is 1.42. The summed E-state index contributed by atoms with van der Waals surface area (Å²) in [5.41, 5.74) is 1.34. The van der Waals surface area contributed by atoms with Crippen molar-refractivity contribution in [3.63, 3.8) is 0 Å². The average Bonchev–Trinajstić information content (AvgIpc) is 2.66. The number of phenols is 1. The summed E-state index contributed by atoms with van der Waals surface area (Å²) in [6, 6.07) is 11.1. The highest BCUT2D eigenvalue weighted by Gasteiger charge is 2.11. The molecule has 0 unspecified atom stereocenters. The van der Waals surface area contributed by atoms with Crippen molar-refractivity contribution in [2.45, 2.75) is 6.92 Å². The lowest BCUT2D eigenvalue weighted by Crippen LogP contribution is -2.21. The number of rotatable bonds is 7. The van der Waals surface area contributed by atoms with Crippen LogP contribution in [0.1, 0.15) is 22.8 Å². The van der Waals surface area contributed by atoms with Crippen LogP contribution >= 0.6 is 0 Å². The maximum atomic E-state index is 11.9. The maximum absolute atomic E-state index is 11.9. The Morgan fingerprint density at radius 1 is 1.15 bits per heavy atom. The lowest BCUT2D eigenvalue weighted by molar-refractivity contribution is -0.142. The highest BCUT2D eigenvalue weighted by molar-refractivity contribution is 6.04. The molecule has 2 N–H and O–H groups in total. The molecular formula is C20H19NO6. The predicted octanol–water partition coefficient (Wildman–Crippen LogP) is 2.80. The Bertz CT molecular complexity index is 888. The zero-order valence-electron chi connectivity index (χ0n) is 14.9. The van der Waals surface area contributed by atoms with Crippen molar-refractivity contribution in [1.82, 2.24) is 0 Å². The van der Waals surface area contributed by atoms with Gasteiger partial charge in [0.2, 0.25) is 0 Å². The van der Waals surface area contributed by atoms with Crippen LogP contribution in [0.5, 0.6) is 11.5 Å². The fourth-order valence-corrected chi connectivity index (χ4v) is 2.23. The van der Waals surface area contributed by atoms with Gasteiger partial charge in [0.1, 0.15) is 0 Å². The molecule has 0 aliphatic carbocycles. The van der Waals surface area contributed by atoms with Gasteiger partial charge in [0.05, 0.1) is 12.8 Å². The second-order valence-electron chi connectivity index (χ2n) is 5.52. The van der Waals surface area contributed by atoms with Gasteiger partial charge >= 0.3 is 5.97 Å². The number of phenolic OH excluding ortho intramolecular Hbond substituents is 1. The van der Waals surface area contributed by atoms with Crippen LogP contribution in [0, 0.1) is 0 Å². The van der Waals surface area contributed by atoms with Crippen LogP contribution in [0.15, 0.2) is 48.5 Å². The molecule has 0 spiro atoms. The Balaban J connectivity index is 1.90. The second kappa shape index (κ2) is 9.19. The molecule has 27 heavy (non-hydrogen) atoms. The van der Waals surface area contributed by atoms with E-state index in [1.807, 2.05) is 0 Å². The Morgan fingerprint density at radius 2 is 1.89 bits per heavy atom. The predicted molar refractivity (Wildman–Crippen MR) is 99.7 cm³/mol. The third-order valence-electron chi connectivity index (χ3n) is 3.54. The smallest absolute Gasteiger partial charge is 0.331 e. The van der Waals surface area contributed by atoms with E-state index >= 15 is 0 Å². The highest BCUT2D eigenvalue weighted by atomic mass is 16.5. The first-order valence-electron chi connectivity index (χ1n) is 8.02. The van der Waals surface area contributed by atoms with Gasteiger partial charge in [0.25, 0.3) is 5.91 Å². The minimum Gasteiger partial charge on any atom is -0.504 e. The van der Waals surface area contributed by atoms with Crippen LogP contribution in [0.3, 0.4) is 0 Å². The zero-order valence-corrected chi connectivity index (χ0v) is 14.9. The molecule has 2 aromatic carbocycles. The van der Waals surface area contributed by atoms with Gasteiger partial charge < -0.3 is 19.9 Å². The molecule has 0 heterocycles. The summed E-state index contributed by atoms with van der Waals surface area (Å²) >= 11 is 0. The Labute approximate surface area is 156 Å². The third kappa shape index (κ3) is 5.71. The number of amides is 1. The number of ether oxygens (including phenoxy) is 2. The highest BCUT2D eigenvalue weighted by Crippen LogP contribution is 2.26. The topological polar surface area (TPSA) is 102 Å². The number of hydrogen-bond donors (Lipinski definition) is 2. The lowest BCUT2D eigenvalue weighted by Gasteiger charge is -2.08. The molecule has 0 saturated carbocycles. The van der Waals surface area contributed by atoms with Crippen LogP contribution in [-0.4, -0.2) is 36.5 Å². The number of esters is 1. The van der Waals surface area contributed by atoms with Crippen molar-refractivity contribution in [3.8, 4) is 11.5 Å². The molecule has 7 nitrogen and oxygen atoms in total. The molecule has 0 aliphatic rings. The van der Waals surface area contributed by atoms with Crippen LogP contribution in [0.2, 0.25) is 0 Å². The van der Waals surface area contributed by atoms with E-state index in [1.54, 1.807) is 36.4 Å². The SMILES string of the molecule is COc1cc(C=CC(=O)OCC(=O)Nc2ccccc2C(C)=O)ccc1O. The van der Waals surface area contributed by atoms with Gasteiger partial charge in [-0.25, -0.2) is 4.79 Å². The first-order chi connectivity index (χ1) is 12.9. The number of ketones is 1. The van der Waals surface area contributed by atoms with E-state index in [4.69, 9.17) is 9.47 Å². The summed E-state index contributed by atoms with van der Waals surface area (Å²) < 4.78 is 9.85. The number of aromatic hydroxyl groups is 1. The molecular weight excluding hydrogens is 350 g/mol. The molecule has 0 saturated heterocycles. The van der Waals surface area contributed by atoms with Gasteiger partial charge in [-0.1, -0.05) is 18.2 Å². The molecule has 7 heteroatoms. The summed E-state index contributed by atoms with van der Waals surface area (Å²) in [6.45, 7) is 0.905. The minimum absolute atomic E-state index is 0.0141. The van der Waals surface area contributed by atoms with Crippen LogP contribution < -0.4 is 10.1 Å². The van der Waals surface area contributed by atoms with Crippen molar-refractivity contribution in [3.05, 3.63) is 59.7 Å². The first-order valence-corrected chi connectivity index (χ1v) is 8.02. The fraction of sp³-hybridized carbons (Fsp3) is 0.150. The molecule has 0 aromatic heterocycles. The fourth-order valence-electron chi connectivity index (χ4n) is 2.23. The van der Waals surface area contributed by atoms with E-state index in [9.17, 15) is 19.5 Å². The normalized spacial score (nSPS) is 10.4. The standard InChI is InChI=1S/C20H19NO6/c1-13(22)15-5-3-4-6-16(15)21-19(24)12-27-20(25)10-8-14-7-9-17(23)18(11-14)26-2/h3-11,23H,12H2,1-2H3,(H,21,24). The van der Waals surface area contributed by atoms with Crippen molar-refractivity contribution in [2.75, 3.05) is 19.0 Å². The average molecular weight is 369 g/mol. The third-order valence-corrected chi connectivity index (χ3v) is 3.54. The molecule has 0 aliphatic heterocycles. The molecule has 0 bridgehead atoms. The number of carbonyl (C=O) groups excluding carboxylic acids is 3. The Morgan fingerprint density at radius 3 is 2.59 bits per heavy atom. The number of hydrogen-bond acceptors (Lipinski definition) is 6. The number of Topliss-reactive ketones (excluding diaryl/α,β-unsaturated/α-hetero) is 1. The van der Waals surface area contributed by atoms with Crippen molar-refractivity contribution in [2.24, 2.45) is 0 Å². The zero-order chi connectivity index (χ0) is 19.8. The molecule has 0 fully saturated rings. The quantitative estimate of drug-likeness (QED) is 0.442. The van der Waals surface area contributed by atoms with Crippen molar-refractivity contribution in [1.29, 1.82) is 0 Å². The van der Waals surface area contributed by atoms with Gasteiger partial charge in [0.15, 0.2) is 23.9 Å². The van der Waals surface area contributed by atoms with E-state index in [0.29, 0.717) is 16.8 Å². The Kier molecular flexibility index (Phi) is 6.71. The molecule has 2 aromatic rings. The van der Waals surface area contributed by atoms with Crippen molar-refractivity contribution < 1.29 is 29.0 Å². The molecule has 0 radical (unpaired) electrons. The van der Waals surface area contributed by atoms with Gasteiger partial charge in [-0.3, -0.25) is 9.59 Å². The number of para-hydroxylation sites is 1. The van der Waals surface area contributed by atoms with E-state index in [-0.39, 0.29) is 17.3 Å². The largest absolute Gasteiger partial charge is 0.504 e. The van der Waals surface area contributed by atoms with E-state index in [2.05, 4.69) is 5.32 Å².